The van der Waals surface area contributed by atoms with Gasteiger partial charge in [0.15, 0.2) is 0 Å². The number of nitrogens with one attached hydrogen (secondary N) is 1. The molecule has 0 bridgehead atoms. The number of carbonyl (C=O) groups is 3. The Balaban J connectivity index is 1.99. The number of nitrogens with zero attached hydrogens (tertiary/aromatic N) is 1. The lowest BCUT2D eigenvalue weighted by atomic mass is 9.99. The number of amides is 2. The van der Waals surface area contributed by atoms with Crippen molar-refractivity contribution in [1.82, 2.24) is 10.2 Å². The number of benzene rings is 1. The van der Waals surface area contributed by atoms with Crippen molar-refractivity contribution in [3.63, 3.8) is 0 Å². The quantitative estimate of drug-likeness (QED) is 0.443. The Morgan fingerprint density at radius 1 is 1.30 bits per heavy atom. The summed E-state index contributed by atoms with van der Waals surface area (Å²) in [6.45, 7) is 5.67. The average Bonchev–Trinajstić information content (AvgIpc) is 2.97. The lowest BCUT2D eigenvalue weighted by Gasteiger charge is -2.21. The van der Waals surface area contributed by atoms with Gasteiger partial charge in [-0.15, -0.1) is 0 Å². The Kier molecular flexibility index (Phi) is 8.80. The third-order valence-electron chi connectivity index (χ3n) is 4.78. The van der Waals surface area contributed by atoms with Crippen LogP contribution in [0.1, 0.15) is 39.2 Å². The second kappa shape index (κ2) is 11.1. The van der Waals surface area contributed by atoms with Crippen LogP contribution < -0.4 is 5.32 Å². The molecule has 1 aromatic rings. The molecule has 1 saturated heterocycles. The molecule has 1 fully saturated rings. The van der Waals surface area contributed by atoms with Gasteiger partial charge in [0, 0.05) is 13.0 Å². The summed E-state index contributed by atoms with van der Waals surface area (Å²) in [5.74, 6) is -1.91. The van der Waals surface area contributed by atoms with Crippen LogP contribution in [-0.2, 0) is 14.4 Å². The van der Waals surface area contributed by atoms with Crippen molar-refractivity contribution in [3.8, 4) is 0 Å². The van der Waals surface area contributed by atoms with E-state index in [-0.39, 0.29) is 24.8 Å². The normalized spacial score (nSPS) is 17.9. The maximum atomic E-state index is 12.7. The van der Waals surface area contributed by atoms with Crippen LogP contribution in [0.15, 0.2) is 46.9 Å². The molecule has 160 valence electrons. The fraction of sp³-hybridized carbons (Fsp3) is 0.364. The molecule has 0 saturated carbocycles. The van der Waals surface area contributed by atoms with E-state index in [1.807, 2.05) is 50.3 Å². The molecule has 2 amide bonds. The first-order valence-corrected chi connectivity index (χ1v) is 11.0. The van der Waals surface area contributed by atoms with E-state index in [1.165, 1.54) is 16.7 Å². The summed E-state index contributed by atoms with van der Waals surface area (Å²) in [7, 11) is 0. The molecular formula is C22H26N2O4S2. The van der Waals surface area contributed by atoms with Crippen LogP contribution in [0.25, 0.3) is 6.08 Å². The number of hydrogen-bond donors (Lipinski definition) is 2. The zero-order valence-corrected chi connectivity index (χ0v) is 18.9. The maximum Gasteiger partial charge on any atom is 0.326 e. The minimum atomic E-state index is -1.06. The van der Waals surface area contributed by atoms with Crippen molar-refractivity contribution >= 4 is 52.2 Å². The van der Waals surface area contributed by atoms with E-state index in [9.17, 15) is 19.5 Å². The smallest absolute Gasteiger partial charge is 0.326 e. The number of thioether (sulfide) groups is 1. The van der Waals surface area contributed by atoms with Crippen LogP contribution in [0.4, 0.5) is 0 Å². The van der Waals surface area contributed by atoms with Gasteiger partial charge in [0.1, 0.15) is 10.4 Å². The lowest BCUT2D eigenvalue weighted by molar-refractivity contribution is -0.143. The van der Waals surface area contributed by atoms with Crippen LogP contribution in [0.2, 0.25) is 0 Å². The zero-order valence-electron chi connectivity index (χ0n) is 17.3. The average molecular weight is 447 g/mol. The summed E-state index contributed by atoms with van der Waals surface area (Å²) in [5, 5.41) is 11.8. The predicted octanol–water partition coefficient (Wildman–Crippen LogP) is 3.84. The number of rotatable bonds is 9. The van der Waals surface area contributed by atoms with Crippen LogP contribution in [-0.4, -0.2) is 44.7 Å². The SMILES string of the molecule is CC[C@H](C)[C@@H](NC(=O)CCN1C(=O)/C(=C\C(C)=C\c2ccccc2)SC1=S)C(=O)O. The van der Waals surface area contributed by atoms with Crippen molar-refractivity contribution in [2.45, 2.75) is 39.7 Å². The molecule has 0 spiro atoms. The van der Waals surface area contributed by atoms with Gasteiger partial charge < -0.3 is 10.4 Å². The van der Waals surface area contributed by atoms with E-state index in [2.05, 4.69) is 5.32 Å². The summed E-state index contributed by atoms with van der Waals surface area (Å²) in [5.41, 5.74) is 1.95. The first kappa shape index (κ1) is 23.8. The lowest BCUT2D eigenvalue weighted by Crippen LogP contribution is -2.46. The van der Waals surface area contributed by atoms with Gasteiger partial charge in [-0.25, -0.2) is 4.79 Å². The highest BCUT2D eigenvalue weighted by molar-refractivity contribution is 8.26. The molecular weight excluding hydrogens is 420 g/mol. The van der Waals surface area contributed by atoms with Crippen LogP contribution in [0.5, 0.6) is 0 Å². The van der Waals surface area contributed by atoms with Crippen LogP contribution >= 0.6 is 24.0 Å². The van der Waals surface area contributed by atoms with Crippen molar-refractivity contribution in [1.29, 1.82) is 0 Å². The first-order chi connectivity index (χ1) is 14.2. The van der Waals surface area contributed by atoms with E-state index in [0.717, 1.165) is 11.1 Å². The first-order valence-electron chi connectivity index (χ1n) is 9.73. The van der Waals surface area contributed by atoms with Gasteiger partial charge in [-0.05, 0) is 30.1 Å². The molecule has 1 aromatic carbocycles. The second-order valence-electron chi connectivity index (χ2n) is 7.15. The molecule has 1 aliphatic heterocycles. The number of hydrogen-bond acceptors (Lipinski definition) is 5. The topological polar surface area (TPSA) is 86.7 Å². The number of carboxylic acids is 1. The zero-order chi connectivity index (χ0) is 22.3. The molecule has 6 nitrogen and oxygen atoms in total. The predicted molar refractivity (Wildman–Crippen MR) is 124 cm³/mol. The van der Waals surface area contributed by atoms with Gasteiger partial charge in [0.2, 0.25) is 5.91 Å². The third kappa shape index (κ3) is 6.53. The van der Waals surface area contributed by atoms with E-state index in [1.54, 1.807) is 13.0 Å². The summed E-state index contributed by atoms with van der Waals surface area (Å²) in [6, 6.07) is 8.84. The molecule has 2 atom stereocenters. The van der Waals surface area contributed by atoms with Crippen molar-refractivity contribution in [2.75, 3.05) is 6.54 Å². The summed E-state index contributed by atoms with van der Waals surface area (Å²) in [4.78, 5) is 38.2. The Bertz CT molecular complexity index is 880. The fourth-order valence-electron chi connectivity index (χ4n) is 2.90. The largest absolute Gasteiger partial charge is 0.480 e. The fourth-order valence-corrected chi connectivity index (χ4v) is 4.25. The van der Waals surface area contributed by atoms with E-state index in [4.69, 9.17) is 12.2 Å². The van der Waals surface area contributed by atoms with Crippen molar-refractivity contribution in [3.05, 3.63) is 52.4 Å². The molecule has 1 aliphatic rings. The van der Waals surface area contributed by atoms with Gasteiger partial charge in [-0.3, -0.25) is 14.5 Å². The monoisotopic (exact) mass is 446 g/mol. The standard InChI is InChI=1S/C22H26N2O4S2/c1-4-15(3)19(21(27)28)23-18(25)10-11-24-20(26)17(30-22(24)29)13-14(2)12-16-8-6-5-7-9-16/h5-9,12-13,15,19H,4,10-11H2,1-3H3,(H,23,25)(H,27,28)/b14-12+,17-13+/t15-,19+/m0/s1. The summed E-state index contributed by atoms with van der Waals surface area (Å²) in [6.07, 6.45) is 4.38. The van der Waals surface area contributed by atoms with Crippen molar-refractivity contribution < 1.29 is 19.5 Å². The number of carbonyl (C=O) groups excluding carboxylic acids is 2. The second-order valence-corrected chi connectivity index (χ2v) is 8.83. The molecule has 0 aromatic heterocycles. The molecule has 8 heteroatoms. The number of aliphatic carboxylic acids is 1. The molecule has 2 rings (SSSR count). The minimum Gasteiger partial charge on any atom is -0.480 e. The Morgan fingerprint density at radius 2 is 1.97 bits per heavy atom. The van der Waals surface area contributed by atoms with Gasteiger partial charge in [0.05, 0.1) is 4.91 Å². The van der Waals surface area contributed by atoms with E-state index in [0.29, 0.717) is 15.6 Å². The Morgan fingerprint density at radius 3 is 2.57 bits per heavy atom. The molecule has 0 radical (unpaired) electrons. The molecule has 1 heterocycles. The third-order valence-corrected chi connectivity index (χ3v) is 6.16. The van der Waals surface area contributed by atoms with Crippen LogP contribution in [0, 0.1) is 5.92 Å². The van der Waals surface area contributed by atoms with Gasteiger partial charge in [0.25, 0.3) is 5.91 Å². The molecule has 0 aliphatic carbocycles. The minimum absolute atomic E-state index is 0.0151. The van der Waals surface area contributed by atoms with Gasteiger partial charge in [-0.1, -0.05) is 80.7 Å². The highest BCUT2D eigenvalue weighted by Gasteiger charge is 2.32. The highest BCUT2D eigenvalue weighted by atomic mass is 32.2. The number of thiocarbonyl (C=S) groups is 1. The summed E-state index contributed by atoms with van der Waals surface area (Å²) >= 11 is 6.50. The highest BCUT2D eigenvalue weighted by Crippen LogP contribution is 2.32. The molecule has 0 unspecified atom stereocenters. The van der Waals surface area contributed by atoms with Gasteiger partial charge in [-0.2, -0.15) is 0 Å². The number of allylic oxidation sites excluding steroid dienone is 2. The van der Waals surface area contributed by atoms with E-state index < -0.39 is 17.9 Å². The number of carboxylic acid groups (broad SMARTS) is 1. The van der Waals surface area contributed by atoms with Crippen molar-refractivity contribution in [2.24, 2.45) is 5.92 Å². The Labute approximate surface area is 186 Å². The Hall–Kier alpha value is -2.45. The molecule has 30 heavy (non-hydrogen) atoms. The maximum absolute atomic E-state index is 12.7. The van der Waals surface area contributed by atoms with Crippen LogP contribution in [0.3, 0.4) is 0 Å². The van der Waals surface area contributed by atoms with Gasteiger partial charge >= 0.3 is 5.97 Å². The molecule has 2 N–H and O–H groups in total. The summed E-state index contributed by atoms with van der Waals surface area (Å²) < 4.78 is 0.392. The van der Waals surface area contributed by atoms with E-state index >= 15 is 0 Å².